The maximum absolute atomic E-state index is 14.2. The summed E-state index contributed by atoms with van der Waals surface area (Å²) in [5.41, 5.74) is -6.08. The van der Waals surface area contributed by atoms with E-state index in [1.807, 2.05) is 0 Å². The number of esters is 4. The highest BCUT2D eigenvalue weighted by Gasteiger charge is 2.86. The summed E-state index contributed by atoms with van der Waals surface area (Å²) in [5.74, 6) is -9.46. The van der Waals surface area contributed by atoms with Gasteiger partial charge in [0.15, 0.2) is 0 Å². The summed E-state index contributed by atoms with van der Waals surface area (Å²) >= 11 is 0. The van der Waals surface area contributed by atoms with Gasteiger partial charge in [-0.3, -0.25) is 19.2 Å². The van der Waals surface area contributed by atoms with Crippen molar-refractivity contribution in [2.45, 2.75) is 23.3 Å². The van der Waals surface area contributed by atoms with E-state index in [-0.39, 0.29) is 22.3 Å². The third-order valence-electron chi connectivity index (χ3n) is 7.02. The van der Waals surface area contributed by atoms with E-state index in [2.05, 4.69) is 5.32 Å². The van der Waals surface area contributed by atoms with Gasteiger partial charge in [-0.2, -0.15) is 0 Å². The molecule has 0 aromatic heterocycles. The van der Waals surface area contributed by atoms with E-state index in [0.29, 0.717) is 0 Å². The molecule has 0 saturated carbocycles. The molecule has 3 aliphatic heterocycles. The first-order valence-electron chi connectivity index (χ1n) is 11.7. The van der Waals surface area contributed by atoms with Gasteiger partial charge in [0.25, 0.3) is 23.8 Å². The van der Waals surface area contributed by atoms with Crippen molar-refractivity contribution in [3.8, 4) is 0 Å². The Morgan fingerprint density at radius 3 is 1.85 bits per heavy atom. The fourth-order valence-electron chi connectivity index (χ4n) is 5.43. The molecule has 1 spiro atoms. The van der Waals surface area contributed by atoms with E-state index in [1.54, 1.807) is 6.07 Å². The van der Waals surface area contributed by atoms with Crippen molar-refractivity contribution in [2.75, 3.05) is 28.4 Å². The Hall–Kier alpha value is -4.82. The quantitative estimate of drug-likeness (QED) is 0.281. The lowest BCUT2D eigenvalue weighted by atomic mass is 9.84. The molecule has 14 nitrogen and oxygen atoms in total. The van der Waals surface area contributed by atoms with Gasteiger partial charge in [0, 0.05) is 22.3 Å². The molecule has 0 unspecified atom stereocenters. The zero-order valence-corrected chi connectivity index (χ0v) is 21.5. The van der Waals surface area contributed by atoms with E-state index in [0.717, 1.165) is 33.3 Å². The van der Waals surface area contributed by atoms with Crippen LogP contribution in [-0.2, 0) is 59.2 Å². The first-order valence-corrected chi connectivity index (χ1v) is 11.7. The molecule has 2 atom stereocenters. The monoisotopic (exact) mass is 554 g/mol. The number of benzene rings is 2. The van der Waals surface area contributed by atoms with Gasteiger partial charge in [-0.1, -0.05) is 36.4 Å². The number of hydrogen-bond acceptors (Lipinski definition) is 12. The number of carbonyl (C=O) groups excluding carboxylic acids is 6. The van der Waals surface area contributed by atoms with Crippen LogP contribution in [0.3, 0.4) is 0 Å². The van der Waals surface area contributed by atoms with Crippen LogP contribution >= 0.6 is 0 Å². The first kappa shape index (κ1) is 26.8. The number of ether oxygens (including phenoxy) is 6. The highest BCUT2D eigenvalue weighted by Crippen LogP contribution is 2.63. The van der Waals surface area contributed by atoms with Crippen LogP contribution in [0.5, 0.6) is 0 Å². The van der Waals surface area contributed by atoms with Gasteiger partial charge in [0.05, 0.1) is 28.4 Å². The molecule has 40 heavy (non-hydrogen) atoms. The maximum Gasteiger partial charge on any atom is 0.355 e. The molecular formula is C26H22N2O12. The number of hydrogen-bond donors (Lipinski definition) is 1. The molecule has 2 aromatic rings. The van der Waals surface area contributed by atoms with Gasteiger partial charge >= 0.3 is 29.5 Å². The summed E-state index contributed by atoms with van der Waals surface area (Å²) in [6.45, 7) is 0. The zero-order chi connectivity index (χ0) is 29.0. The van der Waals surface area contributed by atoms with Crippen molar-refractivity contribution in [3.63, 3.8) is 0 Å². The minimum absolute atomic E-state index is 0.0245. The molecule has 0 radical (unpaired) electrons. The van der Waals surface area contributed by atoms with E-state index < -0.39 is 59.0 Å². The summed E-state index contributed by atoms with van der Waals surface area (Å²) in [4.78, 5) is 81.4. The van der Waals surface area contributed by atoms with E-state index in [1.165, 1.54) is 42.5 Å². The van der Waals surface area contributed by atoms with Crippen molar-refractivity contribution < 1.29 is 57.2 Å². The van der Waals surface area contributed by atoms with Gasteiger partial charge in [0.2, 0.25) is 5.72 Å². The SMILES string of the molecule is COC(=O)C(O[C@]12c3ccccc3C(=O)N1[C@@]1(NC(=O)c3ccccc31)OC2(C(=O)OC)C(=O)OC)C(=O)OC. The van der Waals surface area contributed by atoms with Crippen LogP contribution in [0.1, 0.15) is 31.8 Å². The lowest BCUT2D eigenvalue weighted by Gasteiger charge is -2.41. The van der Waals surface area contributed by atoms with Crippen molar-refractivity contribution in [2.24, 2.45) is 0 Å². The molecule has 0 aliphatic carbocycles. The van der Waals surface area contributed by atoms with Crippen LogP contribution in [0, 0.1) is 0 Å². The number of rotatable bonds is 6. The van der Waals surface area contributed by atoms with Gasteiger partial charge in [-0.05, 0) is 12.1 Å². The van der Waals surface area contributed by atoms with Crippen LogP contribution < -0.4 is 5.32 Å². The zero-order valence-electron chi connectivity index (χ0n) is 21.5. The maximum atomic E-state index is 14.2. The van der Waals surface area contributed by atoms with Gasteiger partial charge < -0.3 is 29.0 Å². The standard InChI is InChI=1S/C26H22N2O12/c1-35-20(31)17(21(32)36-2)39-25-15-11-7-6-10-14(15)19(30)28(25)26(16-12-8-5-9-13(16)18(29)27-26)40-24(25,22(33)37-3)23(34)38-4/h5-12,17H,1-4H3,(H,27,29)/t25-,26+/m0/s1. The Kier molecular flexibility index (Phi) is 6.11. The first-order chi connectivity index (χ1) is 19.1. The Morgan fingerprint density at radius 2 is 1.30 bits per heavy atom. The third kappa shape index (κ3) is 3.05. The Bertz CT molecular complexity index is 1460. The molecule has 208 valence electrons. The predicted octanol–water partition coefficient (Wildman–Crippen LogP) is -0.305. The number of nitrogens with zero attached hydrogens (tertiary/aromatic N) is 1. The topological polar surface area (TPSA) is 173 Å². The summed E-state index contributed by atoms with van der Waals surface area (Å²) in [6, 6.07) is 11.6. The summed E-state index contributed by atoms with van der Waals surface area (Å²) in [5, 5.41) is 2.54. The molecule has 1 saturated heterocycles. The number of nitrogens with one attached hydrogen (secondary N) is 1. The molecular weight excluding hydrogens is 532 g/mol. The minimum atomic E-state index is -3.08. The van der Waals surface area contributed by atoms with Gasteiger partial charge in [0.1, 0.15) is 0 Å². The second kappa shape index (κ2) is 9.14. The van der Waals surface area contributed by atoms with Crippen molar-refractivity contribution >= 4 is 35.7 Å². The van der Waals surface area contributed by atoms with Crippen LogP contribution in [0.2, 0.25) is 0 Å². The molecule has 0 bridgehead atoms. The Balaban J connectivity index is 1.95. The molecule has 2 aromatic carbocycles. The second-order valence-electron chi connectivity index (χ2n) is 8.78. The fourth-order valence-corrected chi connectivity index (χ4v) is 5.43. The van der Waals surface area contributed by atoms with Crippen molar-refractivity contribution in [1.29, 1.82) is 0 Å². The average Bonchev–Trinajstić information content (AvgIpc) is 3.52. The molecule has 3 aliphatic rings. The van der Waals surface area contributed by atoms with Crippen LogP contribution in [0.15, 0.2) is 48.5 Å². The summed E-state index contributed by atoms with van der Waals surface area (Å²) in [7, 11) is 3.78. The fraction of sp³-hybridized carbons (Fsp3) is 0.308. The van der Waals surface area contributed by atoms with Gasteiger partial charge in [-0.15, -0.1) is 0 Å². The summed E-state index contributed by atoms with van der Waals surface area (Å²) < 4.78 is 31.8. The highest BCUT2D eigenvalue weighted by atomic mass is 16.7. The average molecular weight is 554 g/mol. The lowest BCUT2D eigenvalue weighted by Crippen LogP contribution is -2.67. The molecule has 14 heteroatoms. The predicted molar refractivity (Wildman–Crippen MR) is 127 cm³/mol. The van der Waals surface area contributed by atoms with Crippen LogP contribution in [0.25, 0.3) is 0 Å². The molecule has 1 N–H and O–H groups in total. The number of fused-ring (bicyclic) bond motifs is 6. The molecule has 2 amide bonds. The Morgan fingerprint density at radius 1 is 0.775 bits per heavy atom. The van der Waals surface area contributed by atoms with E-state index >= 15 is 0 Å². The smallest absolute Gasteiger partial charge is 0.355 e. The highest BCUT2D eigenvalue weighted by molar-refractivity contribution is 6.12. The summed E-state index contributed by atoms with van der Waals surface area (Å²) in [6.07, 6.45) is -2.27. The second-order valence-corrected chi connectivity index (χ2v) is 8.78. The lowest BCUT2D eigenvalue weighted by molar-refractivity contribution is -0.239. The van der Waals surface area contributed by atoms with Crippen molar-refractivity contribution in [1.82, 2.24) is 10.2 Å². The van der Waals surface area contributed by atoms with E-state index in [9.17, 15) is 28.8 Å². The normalized spacial score (nSPS) is 23.3. The molecule has 3 heterocycles. The van der Waals surface area contributed by atoms with E-state index in [4.69, 9.17) is 28.4 Å². The number of carbonyl (C=O) groups is 6. The number of amides is 2. The van der Waals surface area contributed by atoms with Crippen LogP contribution in [0.4, 0.5) is 0 Å². The number of methoxy groups -OCH3 is 4. The third-order valence-corrected chi connectivity index (χ3v) is 7.02. The molecule has 1 fully saturated rings. The van der Waals surface area contributed by atoms with Crippen LogP contribution in [-0.4, -0.2) is 80.7 Å². The molecule has 5 rings (SSSR count). The minimum Gasteiger partial charge on any atom is -0.467 e. The Labute approximate surface area is 226 Å². The van der Waals surface area contributed by atoms with Gasteiger partial charge in [-0.25, -0.2) is 19.2 Å². The largest absolute Gasteiger partial charge is 0.467 e. The van der Waals surface area contributed by atoms with Crippen molar-refractivity contribution in [3.05, 3.63) is 70.8 Å².